The van der Waals surface area contributed by atoms with E-state index in [1.165, 1.54) is 0 Å². The third-order valence-electron chi connectivity index (χ3n) is 1.75. The third kappa shape index (κ3) is 1.02. The Morgan fingerprint density at radius 3 is 2.67 bits per heavy atom. The summed E-state index contributed by atoms with van der Waals surface area (Å²) in [4.78, 5) is 0. The van der Waals surface area contributed by atoms with Crippen LogP contribution < -0.4 is 0 Å². The summed E-state index contributed by atoms with van der Waals surface area (Å²) in [6.45, 7) is 5.90. The summed E-state index contributed by atoms with van der Waals surface area (Å²) in [5, 5.41) is 7.84. The molecule has 0 saturated carbocycles. The van der Waals surface area contributed by atoms with Crippen molar-refractivity contribution in [2.24, 2.45) is 10.2 Å². The molecule has 1 rings (SSSR count). The summed E-state index contributed by atoms with van der Waals surface area (Å²) >= 11 is 0. The maximum atomic E-state index is 4.06. The summed E-state index contributed by atoms with van der Waals surface area (Å²) in [7, 11) is 0. The van der Waals surface area contributed by atoms with E-state index in [1.807, 2.05) is 6.08 Å². The van der Waals surface area contributed by atoms with Gasteiger partial charge in [-0.2, -0.15) is 10.2 Å². The van der Waals surface area contributed by atoms with Crippen LogP contribution in [0.15, 0.2) is 22.5 Å². The van der Waals surface area contributed by atoms with Crippen molar-refractivity contribution in [3.8, 4) is 0 Å². The Morgan fingerprint density at radius 1 is 1.67 bits per heavy atom. The van der Waals surface area contributed by atoms with E-state index in [2.05, 4.69) is 24.1 Å². The van der Waals surface area contributed by atoms with E-state index >= 15 is 0 Å². The number of hydrogen-bond donors (Lipinski definition) is 0. The lowest BCUT2D eigenvalue weighted by Crippen LogP contribution is -2.18. The first-order valence-electron chi connectivity index (χ1n) is 3.22. The molecule has 1 heterocycles. The molecule has 1 aliphatic heterocycles. The standard InChI is InChI=1S/C7H11N2/c1-3-7(4-2)5-6-8-9-7/h5-6H,1,3-4H2,2H3. The zero-order valence-electron chi connectivity index (χ0n) is 5.67. The Labute approximate surface area is 55.7 Å². The van der Waals surface area contributed by atoms with Gasteiger partial charge in [0.2, 0.25) is 0 Å². The van der Waals surface area contributed by atoms with Crippen LogP contribution in [0.2, 0.25) is 0 Å². The highest BCUT2D eigenvalue weighted by Crippen LogP contribution is 2.26. The van der Waals surface area contributed by atoms with E-state index < -0.39 is 0 Å². The van der Waals surface area contributed by atoms with Crippen molar-refractivity contribution in [1.29, 1.82) is 0 Å². The molecule has 0 saturated heterocycles. The molecule has 1 atom stereocenters. The molecule has 0 spiro atoms. The van der Waals surface area contributed by atoms with Gasteiger partial charge in [0.05, 0.1) is 0 Å². The minimum Gasteiger partial charge on any atom is -0.178 e. The molecule has 0 bridgehead atoms. The molecule has 0 aromatic carbocycles. The highest BCUT2D eigenvalue weighted by Gasteiger charge is 2.23. The monoisotopic (exact) mass is 123 g/mol. The predicted molar refractivity (Wildman–Crippen MR) is 37.0 cm³/mol. The van der Waals surface area contributed by atoms with Gasteiger partial charge in [-0.05, 0) is 18.9 Å². The molecule has 1 radical (unpaired) electrons. The summed E-state index contributed by atoms with van der Waals surface area (Å²) < 4.78 is 0. The molecule has 2 nitrogen and oxygen atoms in total. The van der Waals surface area contributed by atoms with Crippen molar-refractivity contribution in [2.45, 2.75) is 25.3 Å². The minimum absolute atomic E-state index is 0.0556. The van der Waals surface area contributed by atoms with Crippen LogP contribution in [0.1, 0.15) is 19.8 Å². The number of rotatable bonds is 2. The average Bonchev–Trinajstić information content (AvgIpc) is 2.36. The molecule has 9 heavy (non-hydrogen) atoms. The van der Waals surface area contributed by atoms with Gasteiger partial charge in [0.1, 0.15) is 5.54 Å². The largest absolute Gasteiger partial charge is 0.178 e. The predicted octanol–water partition coefficient (Wildman–Crippen LogP) is 2.34. The molecule has 0 aliphatic carbocycles. The second-order valence-corrected chi connectivity index (χ2v) is 2.24. The Morgan fingerprint density at radius 2 is 2.44 bits per heavy atom. The summed E-state index contributed by atoms with van der Waals surface area (Å²) in [5.74, 6) is 0. The second-order valence-electron chi connectivity index (χ2n) is 2.24. The van der Waals surface area contributed by atoms with E-state index in [0.29, 0.717) is 0 Å². The summed E-state index contributed by atoms with van der Waals surface area (Å²) in [6, 6.07) is 0. The third-order valence-corrected chi connectivity index (χ3v) is 1.75. The van der Waals surface area contributed by atoms with E-state index in [9.17, 15) is 0 Å². The Bertz CT molecular complexity index is 129. The van der Waals surface area contributed by atoms with Crippen LogP contribution in [-0.4, -0.2) is 5.54 Å². The molecule has 1 unspecified atom stereocenters. The fourth-order valence-corrected chi connectivity index (χ4v) is 0.852. The van der Waals surface area contributed by atoms with Gasteiger partial charge in [0, 0.05) is 6.20 Å². The Hall–Kier alpha value is -0.660. The first-order chi connectivity index (χ1) is 4.33. The fourth-order valence-electron chi connectivity index (χ4n) is 0.852. The van der Waals surface area contributed by atoms with E-state index in [0.717, 1.165) is 12.8 Å². The van der Waals surface area contributed by atoms with Gasteiger partial charge in [-0.25, -0.2) is 0 Å². The van der Waals surface area contributed by atoms with Crippen LogP contribution in [0, 0.1) is 6.92 Å². The smallest absolute Gasteiger partial charge is 0.102 e. The van der Waals surface area contributed by atoms with Crippen LogP contribution in [0.25, 0.3) is 0 Å². The number of nitrogens with zero attached hydrogens (tertiary/aromatic N) is 2. The normalized spacial score (nSPS) is 21.1. The van der Waals surface area contributed by atoms with Gasteiger partial charge in [0.15, 0.2) is 0 Å². The van der Waals surface area contributed by atoms with Crippen molar-refractivity contribution in [1.82, 2.24) is 0 Å². The molecule has 0 aromatic heterocycles. The van der Waals surface area contributed by atoms with Crippen molar-refractivity contribution in [3.63, 3.8) is 0 Å². The van der Waals surface area contributed by atoms with E-state index in [1.54, 1.807) is 6.20 Å². The van der Waals surface area contributed by atoms with Crippen LogP contribution in [0.5, 0.6) is 0 Å². The Kier molecular flexibility index (Phi) is 1.65. The lowest BCUT2D eigenvalue weighted by molar-refractivity contribution is 0.511. The zero-order chi connectivity index (χ0) is 6.74. The van der Waals surface area contributed by atoms with E-state index in [4.69, 9.17) is 0 Å². The maximum absolute atomic E-state index is 4.06. The molecule has 2 heteroatoms. The highest BCUT2D eigenvalue weighted by atomic mass is 15.2. The fraction of sp³-hybridized carbons (Fsp3) is 0.571. The second kappa shape index (κ2) is 2.29. The molecule has 1 aliphatic rings. The average molecular weight is 123 g/mol. The first-order valence-corrected chi connectivity index (χ1v) is 3.22. The lowest BCUT2D eigenvalue weighted by atomic mass is 9.95. The lowest BCUT2D eigenvalue weighted by Gasteiger charge is -2.16. The van der Waals surface area contributed by atoms with Gasteiger partial charge in [-0.3, -0.25) is 0 Å². The zero-order valence-corrected chi connectivity index (χ0v) is 5.67. The molecule has 0 fully saturated rings. The number of hydrogen-bond acceptors (Lipinski definition) is 2. The molecule has 49 valence electrons. The van der Waals surface area contributed by atoms with Crippen molar-refractivity contribution in [2.75, 3.05) is 0 Å². The van der Waals surface area contributed by atoms with Crippen LogP contribution in [0.3, 0.4) is 0 Å². The maximum Gasteiger partial charge on any atom is 0.102 e. The number of azo groups is 1. The summed E-state index contributed by atoms with van der Waals surface area (Å²) in [6.07, 6.45) is 5.56. The minimum atomic E-state index is -0.0556. The van der Waals surface area contributed by atoms with Gasteiger partial charge >= 0.3 is 0 Å². The molecule has 0 amide bonds. The topological polar surface area (TPSA) is 24.7 Å². The van der Waals surface area contributed by atoms with Crippen LogP contribution in [-0.2, 0) is 0 Å². The van der Waals surface area contributed by atoms with Gasteiger partial charge < -0.3 is 0 Å². The quantitative estimate of drug-likeness (QED) is 0.538. The van der Waals surface area contributed by atoms with Crippen molar-refractivity contribution < 1.29 is 0 Å². The first kappa shape index (κ1) is 6.46. The summed E-state index contributed by atoms with van der Waals surface area (Å²) in [5.41, 5.74) is -0.0556. The molecule has 0 N–H and O–H groups in total. The molecular formula is C7H11N2. The SMILES string of the molecule is [CH2]CC1(CC)C=CN=N1. The van der Waals surface area contributed by atoms with Crippen molar-refractivity contribution in [3.05, 3.63) is 19.2 Å². The van der Waals surface area contributed by atoms with Crippen LogP contribution in [0.4, 0.5) is 0 Å². The Balaban J connectivity index is 2.69. The molecular weight excluding hydrogens is 112 g/mol. The van der Waals surface area contributed by atoms with Crippen molar-refractivity contribution >= 4 is 0 Å². The highest BCUT2D eigenvalue weighted by molar-refractivity contribution is 5.09. The van der Waals surface area contributed by atoms with Crippen LogP contribution >= 0.6 is 0 Å². The van der Waals surface area contributed by atoms with Gasteiger partial charge in [0.25, 0.3) is 0 Å². The van der Waals surface area contributed by atoms with Gasteiger partial charge in [-0.1, -0.05) is 13.8 Å². The molecule has 0 aromatic rings. The van der Waals surface area contributed by atoms with E-state index in [-0.39, 0.29) is 5.54 Å². The van der Waals surface area contributed by atoms with Gasteiger partial charge in [-0.15, -0.1) is 0 Å².